The molecule has 1 amide bonds. The van der Waals surface area contributed by atoms with Gasteiger partial charge in [-0.05, 0) is 36.1 Å². The van der Waals surface area contributed by atoms with Crippen LogP contribution in [-0.2, 0) is 4.79 Å². The van der Waals surface area contributed by atoms with Crippen LogP contribution in [0.3, 0.4) is 0 Å². The van der Waals surface area contributed by atoms with E-state index in [2.05, 4.69) is 20.3 Å². The first kappa shape index (κ1) is 15.9. The summed E-state index contributed by atoms with van der Waals surface area (Å²) < 4.78 is 0. The van der Waals surface area contributed by atoms with Gasteiger partial charge >= 0.3 is 0 Å². The lowest BCUT2D eigenvalue weighted by atomic mass is 10.1. The van der Waals surface area contributed by atoms with Crippen molar-refractivity contribution in [1.29, 1.82) is 0 Å². The predicted molar refractivity (Wildman–Crippen MR) is 95.4 cm³/mol. The van der Waals surface area contributed by atoms with Crippen LogP contribution in [-0.4, -0.2) is 20.9 Å². The zero-order valence-electron chi connectivity index (χ0n) is 13.9. The van der Waals surface area contributed by atoms with Gasteiger partial charge in [0.2, 0.25) is 5.91 Å². The second-order valence-electron chi connectivity index (χ2n) is 6.02. The quantitative estimate of drug-likeness (QED) is 0.772. The number of nitrogen functional groups attached to an aromatic ring is 1. The first-order valence-corrected chi connectivity index (χ1v) is 7.74. The third-order valence-corrected chi connectivity index (χ3v) is 3.84. The number of carbonyl (C=O) groups is 1. The van der Waals surface area contributed by atoms with E-state index in [0.29, 0.717) is 11.6 Å². The van der Waals surface area contributed by atoms with E-state index in [-0.39, 0.29) is 11.8 Å². The third kappa shape index (κ3) is 3.03. The average molecular weight is 321 g/mol. The van der Waals surface area contributed by atoms with E-state index >= 15 is 0 Å². The Balaban J connectivity index is 2.08. The summed E-state index contributed by atoms with van der Waals surface area (Å²) in [7, 11) is 0. The van der Waals surface area contributed by atoms with E-state index in [9.17, 15) is 4.79 Å². The van der Waals surface area contributed by atoms with Crippen molar-refractivity contribution in [2.75, 3.05) is 11.1 Å². The van der Waals surface area contributed by atoms with Crippen molar-refractivity contribution in [2.45, 2.75) is 20.8 Å². The molecule has 0 saturated carbocycles. The number of pyridine rings is 3. The Hall–Kier alpha value is -3.02. The lowest BCUT2D eigenvalue weighted by Gasteiger charge is -2.10. The Kier molecular flexibility index (Phi) is 4.12. The van der Waals surface area contributed by atoms with Crippen molar-refractivity contribution in [3.63, 3.8) is 0 Å². The van der Waals surface area contributed by atoms with Crippen molar-refractivity contribution in [3.8, 4) is 11.3 Å². The van der Waals surface area contributed by atoms with Crippen molar-refractivity contribution < 1.29 is 4.79 Å². The average Bonchev–Trinajstić information content (AvgIpc) is 2.54. The number of aromatic nitrogens is 3. The predicted octanol–water partition coefficient (Wildman–Crippen LogP) is 3.18. The van der Waals surface area contributed by atoms with Gasteiger partial charge in [-0.15, -0.1) is 0 Å². The maximum atomic E-state index is 11.9. The molecule has 0 unspecified atom stereocenters. The number of rotatable bonds is 3. The molecular weight excluding hydrogens is 302 g/mol. The van der Waals surface area contributed by atoms with Crippen LogP contribution >= 0.6 is 0 Å². The second kappa shape index (κ2) is 6.23. The largest absolute Gasteiger partial charge is 0.383 e. The van der Waals surface area contributed by atoms with E-state index in [1.165, 1.54) is 0 Å². The van der Waals surface area contributed by atoms with Gasteiger partial charge < -0.3 is 11.1 Å². The maximum absolute atomic E-state index is 11.9. The van der Waals surface area contributed by atoms with Gasteiger partial charge in [0.15, 0.2) is 0 Å². The zero-order valence-corrected chi connectivity index (χ0v) is 13.9. The fourth-order valence-corrected chi connectivity index (χ4v) is 2.38. The molecule has 0 aliphatic rings. The van der Waals surface area contributed by atoms with Crippen LogP contribution in [0.4, 0.5) is 11.6 Å². The second-order valence-corrected chi connectivity index (χ2v) is 6.02. The van der Waals surface area contributed by atoms with E-state index in [0.717, 1.165) is 27.6 Å². The fourth-order valence-electron chi connectivity index (χ4n) is 2.38. The summed E-state index contributed by atoms with van der Waals surface area (Å²) in [6.45, 7) is 5.67. The molecule has 3 rings (SSSR count). The number of nitrogens with one attached hydrogen (secondary N) is 1. The standard InChI is InChI=1S/C18H19N5O/c1-10(2)18(24)23-16-7-12-6-15(13-8-20-5-4-11(13)3)22-17(19)14(12)9-21-16/h4-10H,1-3H3,(H2,19,22)(H,21,23,24). The summed E-state index contributed by atoms with van der Waals surface area (Å²) in [5.41, 5.74) is 8.83. The third-order valence-electron chi connectivity index (χ3n) is 3.84. The van der Waals surface area contributed by atoms with E-state index in [1.807, 2.05) is 39.0 Å². The van der Waals surface area contributed by atoms with Crippen molar-refractivity contribution in [1.82, 2.24) is 15.0 Å². The molecule has 3 aromatic rings. The molecule has 122 valence electrons. The van der Waals surface area contributed by atoms with E-state index in [4.69, 9.17) is 5.73 Å². The van der Waals surface area contributed by atoms with Gasteiger partial charge in [0, 0.05) is 35.5 Å². The van der Waals surface area contributed by atoms with Gasteiger partial charge in [0.05, 0.1) is 5.69 Å². The van der Waals surface area contributed by atoms with Crippen molar-refractivity contribution in [2.24, 2.45) is 5.92 Å². The summed E-state index contributed by atoms with van der Waals surface area (Å²) in [6.07, 6.45) is 5.14. The van der Waals surface area contributed by atoms with Gasteiger partial charge in [-0.2, -0.15) is 0 Å². The molecule has 3 aromatic heterocycles. The number of fused-ring (bicyclic) bond motifs is 1. The molecule has 0 atom stereocenters. The molecule has 0 aliphatic heterocycles. The molecule has 0 radical (unpaired) electrons. The van der Waals surface area contributed by atoms with E-state index < -0.39 is 0 Å². The number of aryl methyl sites for hydroxylation is 1. The molecule has 0 fully saturated rings. The summed E-state index contributed by atoms with van der Waals surface area (Å²) >= 11 is 0. The Morgan fingerprint density at radius 2 is 2.04 bits per heavy atom. The summed E-state index contributed by atoms with van der Waals surface area (Å²) in [4.78, 5) is 24.7. The first-order valence-electron chi connectivity index (χ1n) is 7.74. The molecule has 6 nitrogen and oxygen atoms in total. The summed E-state index contributed by atoms with van der Waals surface area (Å²) in [5.74, 6) is 0.714. The Morgan fingerprint density at radius 3 is 2.75 bits per heavy atom. The topological polar surface area (TPSA) is 93.8 Å². The van der Waals surface area contributed by atoms with Gasteiger partial charge in [-0.3, -0.25) is 9.78 Å². The lowest BCUT2D eigenvalue weighted by molar-refractivity contribution is -0.118. The fraction of sp³-hybridized carbons (Fsp3) is 0.222. The minimum absolute atomic E-state index is 0.0767. The smallest absolute Gasteiger partial charge is 0.228 e. The molecular formula is C18H19N5O. The minimum atomic E-state index is -0.112. The number of anilines is 2. The van der Waals surface area contributed by atoms with Crippen LogP contribution in [0.2, 0.25) is 0 Å². The van der Waals surface area contributed by atoms with Crippen molar-refractivity contribution in [3.05, 3.63) is 42.4 Å². The molecule has 3 N–H and O–H groups in total. The van der Waals surface area contributed by atoms with Crippen LogP contribution in [0.25, 0.3) is 22.0 Å². The molecule has 3 heterocycles. The van der Waals surface area contributed by atoms with E-state index in [1.54, 1.807) is 18.6 Å². The normalized spacial score (nSPS) is 11.0. The van der Waals surface area contributed by atoms with Crippen LogP contribution in [0.5, 0.6) is 0 Å². The molecule has 0 spiro atoms. The Bertz CT molecular complexity index is 920. The van der Waals surface area contributed by atoms with Crippen molar-refractivity contribution >= 4 is 28.3 Å². The number of carbonyl (C=O) groups excluding carboxylic acids is 1. The van der Waals surface area contributed by atoms with Crippen LogP contribution < -0.4 is 11.1 Å². The summed E-state index contributed by atoms with van der Waals surface area (Å²) in [6, 6.07) is 5.67. The summed E-state index contributed by atoms with van der Waals surface area (Å²) in [5, 5.41) is 4.42. The highest BCUT2D eigenvalue weighted by molar-refractivity contribution is 5.97. The molecule has 0 aromatic carbocycles. The lowest BCUT2D eigenvalue weighted by Crippen LogP contribution is -2.18. The van der Waals surface area contributed by atoms with Crippen LogP contribution in [0.15, 0.2) is 36.8 Å². The molecule has 24 heavy (non-hydrogen) atoms. The number of hydrogen-bond acceptors (Lipinski definition) is 5. The Labute approximate surface area is 140 Å². The molecule has 0 bridgehead atoms. The highest BCUT2D eigenvalue weighted by atomic mass is 16.1. The molecule has 0 aliphatic carbocycles. The zero-order chi connectivity index (χ0) is 17.3. The van der Waals surface area contributed by atoms with Gasteiger partial charge in [0.25, 0.3) is 0 Å². The first-order chi connectivity index (χ1) is 11.5. The minimum Gasteiger partial charge on any atom is -0.383 e. The molecule has 0 saturated heterocycles. The number of hydrogen-bond donors (Lipinski definition) is 2. The van der Waals surface area contributed by atoms with Gasteiger partial charge in [0.1, 0.15) is 11.6 Å². The number of nitrogens with zero attached hydrogens (tertiary/aromatic N) is 3. The van der Waals surface area contributed by atoms with Gasteiger partial charge in [-0.1, -0.05) is 13.8 Å². The highest BCUT2D eigenvalue weighted by Crippen LogP contribution is 2.28. The van der Waals surface area contributed by atoms with Crippen LogP contribution in [0, 0.1) is 12.8 Å². The number of nitrogens with two attached hydrogens (primary N) is 1. The number of amides is 1. The highest BCUT2D eigenvalue weighted by Gasteiger charge is 2.11. The van der Waals surface area contributed by atoms with Gasteiger partial charge in [-0.25, -0.2) is 9.97 Å². The SMILES string of the molecule is Cc1ccncc1-c1cc2cc(NC(=O)C(C)C)ncc2c(N)n1. The monoisotopic (exact) mass is 321 g/mol. The van der Waals surface area contributed by atoms with Crippen LogP contribution in [0.1, 0.15) is 19.4 Å². The molecule has 6 heteroatoms. The maximum Gasteiger partial charge on any atom is 0.228 e. The Morgan fingerprint density at radius 1 is 1.25 bits per heavy atom.